The molecule has 2 aliphatic heterocycles. The van der Waals surface area contributed by atoms with Gasteiger partial charge in [-0.1, -0.05) is 37.1 Å². The van der Waals surface area contributed by atoms with Crippen molar-refractivity contribution in [1.29, 1.82) is 0 Å². The van der Waals surface area contributed by atoms with Gasteiger partial charge in [0.1, 0.15) is 11.7 Å². The minimum atomic E-state index is -0.432. The van der Waals surface area contributed by atoms with E-state index in [1.165, 1.54) is 11.1 Å². The van der Waals surface area contributed by atoms with Gasteiger partial charge in [0, 0.05) is 0 Å². The second kappa shape index (κ2) is 6.02. The Kier molecular flexibility index (Phi) is 4.50. The molecule has 3 aliphatic rings. The van der Waals surface area contributed by atoms with E-state index in [4.69, 9.17) is 9.47 Å². The van der Waals surface area contributed by atoms with Gasteiger partial charge in [0.05, 0.1) is 17.8 Å². The Morgan fingerprint density at radius 1 is 1.26 bits per heavy atom. The van der Waals surface area contributed by atoms with Crippen molar-refractivity contribution in [2.45, 2.75) is 96.2 Å². The fraction of sp³-hybridized carbons (Fsp3) is 0.800. The fourth-order valence-corrected chi connectivity index (χ4v) is 3.76. The molecule has 1 N–H and O–H groups in total. The molecule has 2 heterocycles. The number of aliphatic hydroxyl groups excluding tert-OH is 1. The number of fused-ring (bicyclic) bond motifs is 2. The van der Waals surface area contributed by atoms with Crippen LogP contribution in [-0.4, -0.2) is 34.6 Å². The van der Waals surface area contributed by atoms with Gasteiger partial charge in [-0.3, -0.25) is 0 Å². The van der Waals surface area contributed by atoms with Crippen LogP contribution in [-0.2, 0) is 9.47 Å². The number of rotatable bonds is 1. The van der Waals surface area contributed by atoms with Crippen LogP contribution in [0.5, 0.6) is 0 Å². The zero-order valence-corrected chi connectivity index (χ0v) is 15.3. The maximum Gasteiger partial charge on any atom is 0.118 e. The maximum absolute atomic E-state index is 10.7. The summed E-state index contributed by atoms with van der Waals surface area (Å²) < 4.78 is 11.9. The van der Waals surface area contributed by atoms with E-state index in [0.29, 0.717) is 12.3 Å². The quantitative estimate of drug-likeness (QED) is 0.583. The molecular formula is C20H32O3. The summed E-state index contributed by atoms with van der Waals surface area (Å²) in [4.78, 5) is 0. The third kappa shape index (κ3) is 3.57. The Labute approximate surface area is 140 Å². The summed E-state index contributed by atoms with van der Waals surface area (Å²) in [5, 5.41) is 10.7. The van der Waals surface area contributed by atoms with Gasteiger partial charge in [-0.15, -0.1) is 0 Å². The van der Waals surface area contributed by atoms with Crippen molar-refractivity contribution in [3.63, 3.8) is 0 Å². The van der Waals surface area contributed by atoms with Gasteiger partial charge in [-0.05, 0) is 58.8 Å². The highest BCUT2D eigenvalue weighted by molar-refractivity contribution is 5.21. The molecule has 2 fully saturated rings. The highest BCUT2D eigenvalue weighted by Gasteiger charge is 2.57. The predicted octanol–water partition coefficient (Wildman–Crippen LogP) is 4.16. The molecule has 3 nitrogen and oxygen atoms in total. The standard InChI is InChI=1S/C20H32O3/c1-13(2)15-11-16(21)20(5)17(23-20)9-8-14(3)7-6-10-19(4)18(12-15)22-19/h7,12-13,16-18,21H,6,8-11H2,1-5H3/b14-7+,15-12-/t16-,17-,18-,19-,20-/m0/s1. The minimum absolute atomic E-state index is 0.0193. The molecule has 0 saturated carbocycles. The molecule has 130 valence electrons. The van der Waals surface area contributed by atoms with Crippen molar-refractivity contribution < 1.29 is 14.6 Å². The molecule has 23 heavy (non-hydrogen) atoms. The number of aliphatic hydroxyl groups is 1. The van der Waals surface area contributed by atoms with Crippen LogP contribution in [0.1, 0.15) is 66.7 Å². The molecule has 1 aliphatic carbocycles. The van der Waals surface area contributed by atoms with Crippen molar-refractivity contribution in [2.24, 2.45) is 5.92 Å². The van der Waals surface area contributed by atoms with Gasteiger partial charge >= 0.3 is 0 Å². The number of ether oxygens (including phenoxy) is 2. The van der Waals surface area contributed by atoms with Gasteiger partial charge in [0.25, 0.3) is 0 Å². The lowest BCUT2D eigenvalue weighted by atomic mass is 9.87. The molecular weight excluding hydrogens is 288 g/mol. The first kappa shape index (κ1) is 17.2. The molecule has 0 spiro atoms. The van der Waals surface area contributed by atoms with Crippen molar-refractivity contribution >= 4 is 0 Å². The van der Waals surface area contributed by atoms with Crippen LogP contribution in [0, 0.1) is 5.92 Å². The summed E-state index contributed by atoms with van der Waals surface area (Å²) in [6.45, 7) is 10.9. The summed E-state index contributed by atoms with van der Waals surface area (Å²) in [6, 6.07) is 0. The van der Waals surface area contributed by atoms with Gasteiger partial charge in [-0.25, -0.2) is 0 Å². The van der Waals surface area contributed by atoms with Gasteiger partial charge in [-0.2, -0.15) is 0 Å². The highest BCUT2D eigenvalue weighted by Crippen LogP contribution is 2.47. The molecule has 0 aromatic rings. The molecule has 0 amide bonds. The zero-order valence-electron chi connectivity index (χ0n) is 15.3. The van der Waals surface area contributed by atoms with E-state index in [0.717, 1.165) is 25.7 Å². The second-order valence-corrected chi connectivity index (χ2v) is 8.39. The number of hydrogen-bond donors (Lipinski definition) is 1. The first-order valence-electron chi connectivity index (χ1n) is 9.14. The number of allylic oxidation sites excluding steroid dienone is 2. The average molecular weight is 320 g/mol. The average Bonchev–Trinajstić information content (AvgIpc) is 3.32. The third-order valence-electron chi connectivity index (χ3n) is 6.05. The monoisotopic (exact) mass is 320 g/mol. The predicted molar refractivity (Wildman–Crippen MR) is 92.3 cm³/mol. The highest BCUT2D eigenvalue weighted by atomic mass is 16.6. The van der Waals surface area contributed by atoms with Crippen LogP contribution in [0.15, 0.2) is 23.3 Å². The molecule has 0 bridgehead atoms. The molecule has 0 unspecified atom stereocenters. The number of epoxide rings is 2. The zero-order chi connectivity index (χ0) is 16.8. The first-order chi connectivity index (χ1) is 10.7. The second-order valence-electron chi connectivity index (χ2n) is 8.39. The molecule has 0 aromatic heterocycles. The van der Waals surface area contributed by atoms with Gasteiger partial charge < -0.3 is 14.6 Å². The third-order valence-corrected chi connectivity index (χ3v) is 6.05. The van der Waals surface area contributed by atoms with Gasteiger partial charge in [0.15, 0.2) is 0 Å². The van der Waals surface area contributed by atoms with Crippen LogP contribution in [0.4, 0.5) is 0 Å². The fourth-order valence-electron chi connectivity index (χ4n) is 3.76. The summed E-state index contributed by atoms with van der Waals surface area (Å²) in [7, 11) is 0. The Bertz CT molecular complexity index is 521. The lowest BCUT2D eigenvalue weighted by Crippen LogP contribution is -2.30. The SMILES string of the molecule is C/C1=C\CC[C@]2(C)O[C@H]2/C=C(\C(C)C)C[C@H](O)[C@]2(C)O[C@H]2CC1. The van der Waals surface area contributed by atoms with Crippen molar-refractivity contribution in [1.82, 2.24) is 0 Å². The number of hydrogen-bond acceptors (Lipinski definition) is 3. The lowest BCUT2D eigenvalue weighted by Gasteiger charge is -2.20. The van der Waals surface area contributed by atoms with Crippen LogP contribution < -0.4 is 0 Å². The summed E-state index contributed by atoms with van der Waals surface area (Å²) in [5.41, 5.74) is 2.33. The topological polar surface area (TPSA) is 45.3 Å². The van der Waals surface area contributed by atoms with E-state index < -0.39 is 6.10 Å². The Balaban J connectivity index is 1.80. The van der Waals surface area contributed by atoms with E-state index >= 15 is 0 Å². The van der Waals surface area contributed by atoms with Crippen LogP contribution in [0.3, 0.4) is 0 Å². The maximum atomic E-state index is 10.7. The molecule has 2 saturated heterocycles. The summed E-state index contributed by atoms with van der Waals surface area (Å²) in [6.07, 6.45) is 9.47. The van der Waals surface area contributed by atoms with E-state index in [-0.39, 0.29) is 23.4 Å². The first-order valence-corrected chi connectivity index (χ1v) is 9.14. The largest absolute Gasteiger partial charge is 0.390 e. The van der Waals surface area contributed by atoms with Crippen molar-refractivity contribution in [3.8, 4) is 0 Å². The molecule has 0 radical (unpaired) electrons. The van der Waals surface area contributed by atoms with E-state index in [2.05, 4.69) is 46.8 Å². The molecule has 3 rings (SSSR count). The lowest BCUT2D eigenvalue weighted by molar-refractivity contribution is 0.0833. The Morgan fingerprint density at radius 2 is 2.00 bits per heavy atom. The van der Waals surface area contributed by atoms with Gasteiger partial charge in [0.2, 0.25) is 0 Å². The molecule has 0 aromatic carbocycles. The van der Waals surface area contributed by atoms with E-state index in [1.807, 2.05) is 0 Å². The van der Waals surface area contributed by atoms with Crippen LogP contribution in [0.2, 0.25) is 0 Å². The summed E-state index contributed by atoms with van der Waals surface area (Å²) >= 11 is 0. The van der Waals surface area contributed by atoms with E-state index in [1.54, 1.807) is 0 Å². The Hall–Kier alpha value is -0.640. The van der Waals surface area contributed by atoms with Crippen molar-refractivity contribution in [2.75, 3.05) is 0 Å². The van der Waals surface area contributed by atoms with E-state index in [9.17, 15) is 5.11 Å². The minimum Gasteiger partial charge on any atom is -0.390 e. The smallest absolute Gasteiger partial charge is 0.118 e. The Morgan fingerprint density at radius 3 is 2.70 bits per heavy atom. The summed E-state index contributed by atoms with van der Waals surface area (Å²) in [5.74, 6) is 0.425. The molecule has 5 atom stereocenters. The van der Waals surface area contributed by atoms with Crippen LogP contribution in [0.25, 0.3) is 0 Å². The normalized spacial score (nSPS) is 49.1. The molecule has 3 heteroatoms. The van der Waals surface area contributed by atoms with Crippen LogP contribution >= 0.6 is 0 Å². The van der Waals surface area contributed by atoms with Crippen molar-refractivity contribution in [3.05, 3.63) is 23.3 Å².